The van der Waals surface area contributed by atoms with Gasteiger partial charge in [0.15, 0.2) is 0 Å². The zero-order valence-electron chi connectivity index (χ0n) is 13.7. The fraction of sp³-hybridized carbons (Fsp3) is 0.333. The smallest absolute Gasteiger partial charge is 0.241 e. The predicted octanol–water partition coefficient (Wildman–Crippen LogP) is 3.56. The minimum absolute atomic E-state index is 0.481. The minimum atomic E-state index is 0.481. The van der Waals surface area contributed by atoms with Crippen LogP contribution in [-0.2, 0) is 6.54 Å². The first-order chi connectivity index (χ1) is 12.3. The van der Waals surface area contributed by atoms with Crippen LogP contribution < -0.4 is 0 Å². The zero-order chi connectivity index (χ0) is 17.1. The van der Waals surface area contributed by atoms with Crippen LogP contribution in [0.2, 0.25) is 5.02 Å². The molecule has 3 aromatic rings. The third kappa shape index (κ3) is 3.86. The standard InChI is InChI=1S/C18H18ClN5O/c19-15-5-3-13(4-6-15)14-2-1-9-24(11-14)12-17-22-18(23-25-17)16-10-20-7-8-21-16/h3-8,10,14H,1-2,9,11-12H2/t14-/m1/s1. The highest BCUT2D eigenvalue weighted by molar-refractivity contribution is 6.30. The summed E-state index contributed by atoms with van der Waals surface area (Å²) in [4.78, 5) is 15.0. The number of piperidine rings is 1. The van der Waals surface area contributed by atoms with Gasteiger partial charge in [-0.2, -0.15) is 4.98 Å². The molecule has 0 spiro atoms. The molecule has 4 rings (SSSR count). The Morgan fingerprint density at radius 3 is 2.88 bits per heavy atom. The summed E-state index contributed by atoms with van der Waals surface area (Å²) in [6, 6.07) is 8.16. The summed E-state index contributed by atoms with van der Waals surface area (Å²) in [5.41, 5.74) is 1.95. The van der Waals surface area contributed by atoms with Gasteiger partial charge in [0.1, 0.15) is 5.69 Å². The van der Waals surface area contributed by atoms with Crippen molar-refractivity contribution in [1.82, 2.24) is 25.0 Å². The number of rotatable bonds is 4. The summed E-state index contributed by atoms with van der Waals surface area (Å²) in [5, 5.41) is 4.79. The largest absolute Gasteiger partial charge is 0.337 e. The van der Waals surface area contributed by atoms with Crippen molar-refractivity contribution in [3.05, 3.63) is 59.3 Å². The van der Waals surface area contributed by atoms with Crippen LogP contribution in [0.25, 0.3) is 11.5 Å². The third-order valence-corrected chi connectivity index (χ3v) is 4.72. The van der Waals surface area contributed by atoms with Gasteiger partial charge in [0.25, 0.3) is 0 Å². The lowest BCUT2D eigenvalue weighted by atomic mass is 9.91. The molecule has 1 aliphatic rings. The molecule has 0 unspecified atom stereocenters. The summed E-state index contributed by atoms with van der Waals surface area (Å²) in [6.07, 6.45) is 7.21. The van der Waals surface area contributed by atoms with E-state index in [0.29, 0.717) is 29.9 Å². The molecule has 0 saturated carbocycles. The van der Waals surface area contributed by atoms with Gasteiger partial charge in [0.2, 0.25) is 11.7 Å². The van der Waals surface area contributed by atoms with E-state index in [-0.39, 0.29) is 0 Å². The average Bonchev–Trinajstić information content (AvgIpc) is 3.12. The Hall–Kier alpha value is -2.31. The summed E-state index contributed by atoms with van der Waals surface area (Å²) < 4.78 is 5.39. The molecule has 25 heavy (non-hydrogen) atoms. The maximum Gasteiger partial charge on any atom is 0.241 e. The lowest BCUT2D eigenvalue weighted by molar-refractivity contribution is 0.177. The highest BCUT2D eigenvalue weighted by Gasteiger charge is 2.23. The van der Waals surface area contributed by atoms with E-state index in [0.717, 1.165) is 24.5 Å². The van der Waals surface area contributed by atoms with Crippen LogP contribution >= 0.6 is 11.6 Å². The monoisotopic (exact) mass is 355 g/mol. The predicted molar refractivity (Wildman–Crippen MR) is 94.0 cm³/mol. The van der Waals surface area contributed by atoms with Crippen LogP contribution in [0.3, 0.4) is 0 Å². The van der Waals surface area contributed by atoms with Crippen molar-refractivity contribution in [2.75, 3.05) is 13.1 Å². The molecule has 3 heterocycles. The van der Waals surface area contributed by atoms with E-state index in [1.54, 1.807) is 18.6 Å². The number of halogens is 1. The van der Waals surface area contributed by atoms with Crippen molar-refractivity contribution in [3.63, 3.8) is 0 Å². The van der Waals surface area contributed by atoms with Gasteiger partial charge in [0, 0.05) is 24.0 Å². The second-order valence-electron chi connectivity index (χ2n) is 6.23. The Balaban J connectivity index is 1.42. The molecule has 0 aliphatic carbocycles. The topological polar surface area (TPSA) is 67.9 Å². The molecule has 1 saturated heterocycles. The Kier molecular flexibility index (Phi) is 4.72. The van der Waals surface area contributed by atoms with Gasteiger partial charge < -0.3 is 4.52 Å². The molecular weight excluding hydrogens is 338 g/mol. The van der Waals surface area contributed by atoms with Crippen LogP contribution in [0.1, 0.15) is 30.2 Å². The average molecular weight is 356 g/mol. The number of hydrogen-bond donors (Lipinski definition) is 0. The Morgan fingerprint density at radius 2 is 2.08 bits per heavy atom. The first-order valence-electron chi connectivity index (χ1n) is 8.35. The maximum absolute atomic E-state index is 5.99. The Labute approximate surface area is 150 Å². The Morgan fingerprint density at radius 1 is 1.20 bits per heavy atom. The van der Waals surface area contributed by atoms with E-state index in [1.165, 1.54) is 12.0 Å². The summed E-state index contributed by atoms with van der Waals surface area (Å²) >= 11 is 5.99. The highest BCUT2D eigenvalue weighted by atomic mass is 35.5. The van der Waals surface area contributed by atoms with Crippen molar-refractivity contribution in [2.24, 2.45) is 0 Å². The molecule has 0 N–H and O–H groups in total. The van der Waals surface area contributed by atoms with Crippen molar-refractivity contribution >= 4 is 11.6 Å². The third-order valence-electron chi connectivity index (χ3n) is 4.47. The molecule has 7 heteroatoms. The van der Waals surface area contributed by atoms with Crippen molar-refractivity contribution in [1.29, 1.82) is 0 Å². The molecule has 0 radical (unpaired) electrons. The lowest BCUT2D eigenvalue weighted by Gasteiger charge is -2.32. The van der Waals surface area contributed by atoms with Gasteiger partial charge in [-0.05, 0) is 43.0 Å². The molecule has 128 valence electrons. The fourth-order valence-electron chi connectivity index (χ4n) is 3.24. The van der Waals surface area contributed by atoms with Gasteiger partial charge >= 0.3 is 0 Å². The molecule has 6 nitrogen and oxygen atoms in total. The quantitative estimate of drug-likeness (QED) is 0.712. The molecule has 2 aromatic heterocycles. The second kappa shape index (κ2) is 7.29. The normalized spacial score (nSPS) is 18.4. The SMILES string of the molecule is Clc1ccc([C@@H]2CCCN(Cc3nc(-c4cnccn4)no3)C2)cc1. The van der Waals surface area contributed by atoms with E-state index >= 15 is 0 Å². The number of hydrogen-bond acceptors (Lipinski definition) is 6. The molecule has 0 bridgehead atoms. The van der Waals surface area contributed by atoms with E-state index in [2.05, 4.69) is 37.1 Å². The van der Waals surface area contributed by atoms with E-state index in [1.807, 2.05) is 12.1 Å². The number of aromatic nitrogens is 4. The van der Waals surface area contributed by atoms with Gasteiger partial charge in [0.05, 0.1) is 12.7 Å². The van der Waals surface area contributed by atoms with Crippen molar-refractivity contribution < 1.29 is 4.52 Å². The molecule has 1 aliphatic heterocycles. The summed E-state index contributed by atoms with van der Waals surface area (Å²) in [6.45, 7) is 2.66. The number of nitrogens with zero attached hydrogens (tertiary/aromatic N) is 5. The number of benzene rings is 1. The molecule has 1 aromatic carbocycles. The van der Waals surface area contributed by atoms with Crippen molar-refractivity contribution in [2.45, 2.75) is 25.3 Å². The van der Waals surface area contributed by atoms with Gasteiger partial charge in [-0.15, -0.1) is 0 Å². The maximum atomic E-state index is 5.99. The molecule has 0 amide bonds. The number of likely N-dealkylation sites (tertiary alicyclic amines) is 1. The van der Waals surface area contributed by atoms with Gasteiger partial charge in [-0.1, -0.05) is 28.9 Å². The van der Waals surface area contributed by atoms with E-state index < -0.39 is 0 Å². The van der Waals surface area contributed by atoms with Crippen LogP contribution in [0, 0.1) is 0 Å². The first-order valence-corrected chi connectivity index (χ1v) is 8.72. The molecule has 1 fully saturated rings. The highest BCUT2D eigenvalue weighted by Crippen LogP contribution is 2.28. The van der Waals surface area contributed by atoms with E-state index in [9.17, 15) is 0 Å². The summed E-state index contributed by atoms with van der Waals surface area (Å²) in [5.74, 6) is 1.60. The second-order valence-corrected chi connectivity index (χ2v) is 6.66. The Bertz CT molecular complexity index is 821. The van der Waals surface area contributed by atoms with Crippen LogP contribution in [0.15, 0.2) is 47.4 Å². The van der Waals surface area contributed by atoms with Crippen molar-refractivity contribution in [3.8, 4) is 11.5 Å². The lowest BCUT2D eigenvalue weighted by Crippen LogP contribution is -2.34. The van der Waals surface area contributed by atoms with Crippen LogP contribution in [-0.4, -0.2) is 38.1 Å². The minimum Gasteiger partial charge on any atom is -0.337 e. The molecular formula is C18H18ClN5O. The zero-order valence-corrected chi connectivity index (χ0v) is 14.4. The molecule has 1 atom stereocenters. The van der Waals surface area contributed by atoms with E-state index in [4.69, 9.17) is 16.1 Å². The summed E-state index contributed by atoms with van der Waals surface area (Å²) in [7, 11) is 0. The van der Waals surface area contributed by atoms with Crippen LogP contribution in [0.5, 0.6) is 0 Å². The van der Waals surface area contributed by atoms with Crippen LogP contribution in [0.4, 0.5) is 0 Å². The fourth-order valence-corrected chi connectivity index (χ4v) is 3.36. The first kappa shape index (κ1) is 16.2. The van der Waals surface area contributed by atoms with Gasteiger partial charge in [-0.25, -0.2) is 4.98 Å². The van der Waals surface area contributed by atoms with Gasteiger partial charge in [-0.3, -0.25) is 9.88 Å².